The van der Waals surface area contributed by atoms with Gasteiger partial charge in [-0.1, -0.05) is 37.5 Å². The Labute approximate surface area is 175 Å². The quantitative estimate of drug-likeness (QED) is 0.300. The molecule has 0 saturated heterocycles. The van der Waals surface area contributed by atoms with Crippen LogP contribution in [0.4, 0.5) is 0 Å². The van der Waals surface area contributed by atoms with Crippen molar-refractivity contribution in [2.45, 2.75) is 102 Å². The number of carbonyl (C=O) groups excluding carboxylic acids is 1. The molecule has 0 unspecified atom stereocenters. The maximum Gasteiger partial charge on any atom is 0.309 e. The first kappa shape index (κ1) is 21.9. The van der Waals surface area contributed by atoms with Crippen molar-refractivity contribution < 1.29 is 19.4 Å². The Hall–Kier alpha value is -1.84. The number of carboxylic acid groups (broad SMARTS) is 1. The van der Waals surface area contributed by atoms with E-state index in [9.17, 15) is 14.7 Å². The lowest BCUT2D eigenvalue weighted by Crippen LogP contribution is -2.14. The van der Waals surface area contributed by atoms with E-state index >= 15 is 0 Å². The fourth-order valence-corrected chi connectivity index (χ4v) is 4.56. The molecule has 0 aromatic heterocycles. The minimum Gasteiger partial charge on any atom is -0.481 e. The molecule has 2 saturated carbocycles. The maximum atomic E-state index is 11.2. The minimum absolute atomic E-state index is 0.123. The lowest BCUT2D eigenvalue weighted by Gasteiger charge is -2.14. The van der Waals surface area contributed by atoms with E-state index in [1.165, 1.54) is 29.5 Å². The van der Waals surface area contributed by atoms with E-state index in [0.717, 1.165) is 77.0 Å². The zero-order chi connectivity index (χ0) is 20.7. The standard InChI is InChI=1S/C25H36O4/c1-20-21(9-4-2-3-6-13-24(15-16-24)23(27)28)11-8-12-22(20)10-5-7-14-25(17-18-25)29-19-26/h8,11-12,19H,2-7,9-10,13-18H2,1H3,(H,27,28). The van der Waals surface area contributed by atoms with Crippen molar-refractivity contribution in [2.24, 2.45) is 5.41 Å². The third-order valence-electron chi connectivity index (χ3n) is 7.15. The Morgan fingerprint density at radius 3 is 2.10 bits per heavy atom. The van der Waals surface area contributed by atoms with E-state index in [4.69, 9.17) is 4.74 Å². The monoisotopic (exact) mass is 400 g/mol. The number of ether oxygens (including phenoxy) is 1. The molecule has 0 spiro atoms. The number of benzene rings is 1. The number of carboxylic acids is 1. The average molecular weight is 401 g/mol. The second kappa shape index (κ2) is 9.77. The smallest absolute Gasteiger partial charge is 0.309 e. The van der Waals surface area contributed by atoms with Gasteiger partial charge in [-0.05, 0) is 94.2 Å². The second-order valence-electron chi connectivity index (χ2n) is 9.31. The first-order chi connectivity index (χ1) is 14.0. The topological polar surface area (TPSA) is 63.6 Å². The van der Waals surface area contributed by atoms with Gasteiger partial charge in [-0.3, -0.25) is 9.59 Å². The molecular weight excluding hydrogens is 364 g/mol. The van der Waals surface area contributed by atoms with Crippen LogP contribution < -0.4 is 0 Å². The Morgan fingerprint density at radius 2 is 1.55 bits per heavy atom. The lowest BCUT2D eigenvalue weighted by atomic mass is 9.93. The third kappa shape index (κ3) is 6.07. The van der Waals surface area contributed by atoms with Crippen LogP contribution in [0.2, 0.25) is 0 Å². The van der Waals surface area contributed by atoms with Gasteiger partial charge < -0.3 is 9.84 Å². The van der Waals surface area contributed by atoms with Gasteiger partial charge in [0.1, 0.15) is 5.60 Å². The summed E-state index contributed by atoms with van der Waals surface area (Å²) in [5.41, 5.74) is 3.85. The summed E-state index contributed by atoms with van der Waals surface area (Å²) in [6.07, 6.45) is 14.6. The minimum atomic E-state index is -0.589. The molecule has 0 aliphatic heterocycles. The Bertz CT molecular complexity index is 701. The van der Waals surface area contributed by atoms with Crippen LogP contribution in [0.25, 0.3) is 0 Å². The van der Waals surface area contributed by atoms with E-state index in [-0.39, 0.29) is 11.0 Å². The van der Waals surface area contributed by atoms with Gasteiger partial charge in [0.25, 0.3) is 6.47 Å². The van der Waals surface area contributed by atoms with Gasteiger partial charge in [-0.2, -0.15) is 0 Å². The summed E-state index contributed by atoms with van der Waals surface area (Å²) in [4.78, 5) is 21.8. The highest BCUT2D eigenvalue weighted by atomic mass is 16.5. The number of rotatable bonds is 15. The van der Waals surface area contributed by atoms with Gasteiger partial charge >= 0.3 is 5.97 Å². The SMILES string of the molecule is Cc1c(CCCCCCC2(C(=O)O)CC2)cccc1CCCCC1(OC=O)CC1. The second-order valence-corrected chi connectivity index (χ2v) is 9.31. The fourth-order valence-electron chi connectivity index (χ4n) is 4.56. The van der Waals surface area contributed by atoms with Crippen molar-refractivity contribution in [3.63, 3.8) is 0 Å². The molecule has 1 aromatic carbocycles. The Morgan fingerprint density at radius 1 is 0.966 bits per heavy atom. The molecule has 0 heterocycles. The van der Waals surface area contributed by atoms with Crippen LogP contribution in [0.1, 0.15) is 93.7 Å². The molecule has 2 aliphatic rings. The first-order valence-electron chi connectivity index (χ1n) is 11.4. The van der Waals surface area contributed by atoms with Gasteiger partial charge in [0.2, 0.25) is 0 Å². The van der Waals surface area contributed by atoms with Crippen molar-refractivity contribution in [2.75, 3.05) is 0 Å². The number of unbranched alkanes of at least 4 members (excludes halogenated alkanes) is 4. The molecule has 0 bridgehead atoms. The van der Waals surface area contributed by atoms with E-state index in [1.54, 1.807) is 0 Å². The molecule has 160 valence electrons. The number of aliphatic carboxylic acids is 1. The Kier molecular flexibility index (Phi) is 7.37. The van der Waals surface area contributed by atoms with Gasteiger partial charge in [-0.15, -0.1) is 0 Å². The highest BCUT2D eigenvalue weighted by Gasteiger charge is 2.49. The maximum absolute atomic E-state index is 11.2. The zero-order valence-corrected chi connectivity index (χ0v) is 17.9. The van der Waals surface area contributed by atoms with Crippen LogP contribution in [0, 0.1) is 12.3 Å². The highest BCUT2D eigenvalue weighted by molar-refractivity contribution is 5.77. The first-order valence-corrected chi connectivity index (χ1v) is 11.4. The predicted octanol–water partition coefficient (Wildman–Crippen LogP) is 5.77. The normalized spacial score (nSPS) is 18.2. The lowest BCUT2D eigenvalue weighted by molar-refractivity contribution is -0.143. The average Bonchev–Trinajstić information content (AvgIpc) is 3.61. The molecular formula is C25H36O4. The van der Waals surface area contributed by atoms with E-state index in [2.05, 4.69) is 25.1 Å². The summed E-state index contributed by atoms with van der Waals surface area (Å²) in [5, 5.41) is 9.24. The van der Waals surface area contributed by atoms with Gasteiger partial charge in [0.15, 0.2) is 0 Å². The van der Waals surface area contributed by atoms with Crippen molar-refractivity contribution in [3.05, 3.63) is 34.9 Å². The largest absolute Gasteiger partial charge is 0.481 e. The van der Waals surface area contributed by atoms with E-state index in [1.807, 2.05) is 0 Å². The summed E-state index contributed by atoms with van der Waals surface area (Å²) < 4.78 is 5.23. The molecule has 2 fully saturated rings. The molecule has 4 nitrogen and oxygen atoms in total. The molecule has 29 heavy (non-hydrogen) atoms. The molecule has 0 amide bonds. The summed E-state index contributed by atoms with van der Waals surface area (Å²) in [7, 11) is 0. The van der Waals surface area contributed by atoms with Crippen LogP contribution in [0.3, 0.4) is 0 Å². The van der Waals surface area contributed by atoms with Crippen molar-refractivity contribution in [1.29, 1.82) is 0 Å². The van der Waals surface area contributed by atoms with Crippen molar-refractivity contribution >= 4 is 12.4 Å². The molecule has 3 rings (SSSR count). The summed E-state index contributed by atoms with van der Waals surface area (Å²) in [5.74, 6) is -0.589. The third-order valence-corrected chi connectivity index (χ3v) is 7.15. The van der Waals surface area contributed by atoms with E-state index < -0.39 is 5.97 Å². The molecule has 1 N–H and O–H groups in total. The summed E-state index contributed by atoms with van der Waals surface area (Å²) in [6, 6.07) is 6.67. The van der Waals surface area contributed by atoms with Crippen LogP contribution in [0.5, 0.6) is 0 Å². The van der Waals surface area contributed by atoms with Gasteiger partial charge in [-0.25, -0.2) is 0 Å². The summed E-state index contributed by atoms with van der Waals surface area (Å²) >= 11 is 0. The van der Waals surface area contributed by atoms with Crippen molar-refractivity contribution in [1.82, 2.24) is 0 Å². The molecule has 1 aromatic rings. The zero-order valence-electron chi connectivity index (χ0n) is 17.9. The van der Waals surface area contributed by atoms with Crippen LogP contribution in [0.15, 0.2) is 18.2 Å². The molecule has 0 radical (unpaired) electrons. The summed E-state index contributed by atoms with van der Waals surface area (Å²) in [6.45, 7) is 2.85. The highest BCUT2D eigenvalue weighted by Crippen LogP contribution is 2.50. The fraction of sp³-hybridized carbons (Fsp3) is 0.680. The van der Waals surface area contributed by atoms with E-state index in [0.29, 0.717) is 6.47 Å². The Balaban J connectivity index is 1.33. The molecule has 4 heteroatoms. The van der Waals surface area contributed by atoms with Crippen LogP contribution >= 0.6 is 0 Å². The van der Waals surface area contributed by atoms with Gasteiger partial charge in [0, 0.05) is 0 Å². The number of hydrogen-bond donors (Lipinski definition) is 1. The molecule has 0 atom stereocenters. The number of aryl methyl sites for hydroxylation is 2. The van der Waals surface area contributed by atoms with Crippen LogP contribution in [-0.4, -0.2) is 23.1 Å². The van der Waals surface area contributed by atoms with Gasteiger partial charge in [0.05, 0.1) is 5.41 Å². The van der Waals surface area contributed by atoms with Crippen LogP contribution in [-0.2, 0) is 27.2 Å². The number of hydrogen-bond acceptors (Lipinski definition) is 3. The predicted molar refractivity (Wildman–Crippen MR) is 114 cm³/mol. The number of carbonyl (C=O) groups is 2. The molecule has 2 aliphatic carbocycles. The van der Waals surface area contributed by atoms with Crippen molar-refractivity contribution in [3.8, 4) is 0 Å².